The van der Waals surface area contributed by atoms with Crippen molar-refractivity contribution in [3.05, 3.63) is 10.6 Å². The maximum Gasteiger partial charge on any atom is 0.236 e. The molecule has 6 nitrogen and oxygen atoms in total. The first-order chi connectivity index (χ1) is 9.02. The zero-order valence-corrected chi connectivity index (χ0v) is 11.2. The molecule has 0 spiro atoms. The number of nitrogens with zero attached hydrogens (tertiary/aromatic N) is 1. The van der Waals surface area contributed by atoms with Crippen LogP contribution in [0, 0.1) is 5.92 Å². The predicted molar refractivity (Wildman–Crippen MR) is 64.4 cm³/mol. The van der Waals surface area contributed by atoms with Gasteiger partial charge in [0.25, 0.3) is 0 Å². The van der Waals surface area contributed by atoms with E-state index in [1.165, 1.54) is 16.7 Å². The summed E-state index contributed by atoms with van der Waals surface area (Å²) >= 11 is 1.31. The first-order valence-electron chi connectivity index (χ1n) is 6.27. The lowest BCUT2D eigenvalue weighted by Gasteiger charge is -2.44. The average molecular weight is 284 g/mol. The van der Waals surface area contributed by atoms with Crippen LogP contribution in [-0.4, -0.2) is 46.1 Å². The molecule has 0 bridgehead atoms. The van der Waals surface area contributed by atoms with E-state index >= 15 is 0 Å². The highest BCUT2D eigenvalue weighted by Crippen LogP contribution is 2.52. The molecule has 104 valence electrons. The van der Waals surface area contributed by atoms with Crippen LogP contribution in [0.15, 0.2) is 10.6 Å². The molecule has 3 heterocycles. The minimum atomic E-state index is -1.35. The number of carbonyl (C=O) groups is 2. The van der Waals surface area contributed by atoms with Crippen molar-refractivity contribution in [2.24, 2.45) is 5.92 Å². The van der Waals surface area contributed by atoms with Gasteiger partial charge in [0.2, 0.25) is 5.91 Å². The average Bonchev–Trinajstić information content (AvgIpc) is 2.92. The van der Waals surface area contributed by atoms with Crippen LogP contribution in [0.4, 0.5) is 0 Å². The SMILES string of the molecule is C[C@@H](O)[C@H]1C(=O)N2C(C(=O)[O-])=C([C@@H]3CCCO3)S[C@H]12. The Morgan fingerprint density at radius 2 is 2.37 bits per heavy atom. The van der Waals surface area contributed by atoms with Crippen LogP contribution in [0.5, 0.6) is 0 Å². The van der Waals surface area contributed by atoms with Gasteiger partial charge in [-0.3, -0.25) is 9.69 Å². The number of amides is 1. The van der Waals surface area contributed by atoms with Gasteiger partial charge in [-0.25, -0.2) is 0 Å². The molecule has 0 unspecified atom stereocenters. The van der Waals surface area contributed by atoms with Gasteiger partial charge >= 0.3 is 0 Å². The number of carboxylic acids is 1. The number of rotatable bonds is 3. The largest absolute Gasteiger partial charge is 0.543 e. The van der Waals surface area contributed by atoms with Crippen LogP contribution in [0.3, 0.4) is 0 Å². The summed E-state index contributed by atoms with van der Waals surface area (Å²) in [7, 11) is 0. The highest BCUT2D eigenvalue weighted by Gasteiger charge is 2.57. The summed E-state index contributed by atoms with van der Waals surface area (Å²) in [4.78, 5) is 25.0. The molecular weight excluding hydrogens is 270 g/mol. The Hall–Kier alpha value is -1.05. The number of hydrogen-bond donors (Lipinski definition) is 1. The maximum absolute atomic E-state index is 11.9. The molecular formula is C12H14NO5S-. The number of thioether (sulfide) groups is 1. The number of carboxylic acid groups (broad SMARTS) is 1. The molecule has 3 aliphatic rings. The molecule has 0 aliphatic carbocycles. The molecule has 3 rings (SSSR count). The number of hydrogen-bond acceptors (Lipinski definition) is 6. The third-order valence-corrected chi connectivity index (χ3v) is 5.20. The lowest BCUT2D eigenvalue weighted by molar-refractivity contribution is -0.301. The number of β-lactam (4-membered cyclic amide) rings is 1. The Bertz CT molecular complexity index is 469. The highest BCUT2D eigenvalue weighted by molar-refractivity contribution is 8.04. The van der Waals surface area contributed by atoms with Crippen molar-refractivity contribution in [3.8, 4) is 0 Å². The predicted octanol–water partition coefficient (Wildman–Crippen LogP) is -0.961. The molecule has 1 amide bonds. The van der Waals surface area contributed by atoms with E-state index in [4.69, 9.17) is 4.74 Å². The second-order valence-electron chi connectivity index (χ2n) is 4.99. The van der Waals surface area contributed by atoms with Gasteiger partial charge in [0, 0.05) is 11.5 Å². The lowest BCUT2D eigenvalue weighted by Crippen LogP contribution is -2.61. The maximum atomic E-state index is 11.9. The first kappa shape index (κ1) is 13.0. The van der Waals surface area contributed by atoms with Crippen LogP contribution in [-0.2, 0) is 14.3 Å². The quantitative estimate of drug-likeness (QED) is 0.671. The summed E-state index contributed by atoms with van der Waals surface area (Å²) in [5.41, 5.74) is -0.0659. The molecule has 0 aromatic rings. The van der Waals surface area contributed by atoms with E-state index in [0.29, 0.717) is 11.5 Å². The van der Waals surface area contributed by atoms with Gasteiger partial charge < -0.3 is 19.7 Å². The Balaban J connectivity index is 1.91. The van der Waals surface area contributed by atoms with E-state index in [9.17, 15) is 19.8 Å². The van der Waals surface area contributed by atoms with Crippen molar-refractivity contribution in [3.63, 3.8) is 0 Å². The van der Waals surface area contributed by atoms with Crippen molar-refractivity contribution in [1.82, 2.24) is 4.90 Å². The molecule has 0 radical (unpaired) electrons. The molecule has 3 aliphatic heterocycles. The second kappa shape index (κ2) is 4.50. The number of aliphatic hydroxyl groups excluding tert-OH is 1. The minimum Gasteiger partial charge on any atom is -0.543 e. The van der Waals surface area contributed by atoms with E-state index in [2.05, 4.69) is 0 Å². The van der Waals surface area contributed by atoms with Crippen LogP contribution < -0.4 is 5.11 Å². The van der Waals surface area contributed by atoms with Gasteiger partial charge in [0.05, 0.1) is 29.8 Å². The normalized spacial score (nSPS) is 35.4. The molecule has 19 heavy (non-hydrogen) atoms. The fourth-order valence-electron chi connectivity index (χ4n) is 2.81. The highest BCUT2D eigenvalue weighted by atomic mass is 32.2. The fourth-order valence-corrected chi connectivity index (χ4v) is 4.51. The van der Waals surface area contributed by atoms with Gasteiger partial charge in [0.15, 0.2) is 0 Å². The zero-order chi connectivity index (χ0) is 13.7. The standard InChI is InChI=1S/C12H15NO5S/c1-5(14)7-10(15)13-8(12(16)17)9(19-11(7)13)6-3-2-4-18-6/h5-7,11,14H,2-4H2,1H3,(H,16,17)/p-1/t5-,6+,7+,11-/m1/s1. The van der Waals surface area contributed by atoms with Crippen molar-refractivity contribution in [2.45, 2.75) is 37.3 Å². The van der Waals surface area contributed by atoms with Crippen molar-refractivity contribution >= 4 is 23.6 Å². The third kappa shape index (κ3) is 1.79. The first-order valence-corrected chi connectivity index (χ1v) is 7.15. The van der Waals surface area contributed by atoms with E-state index in [1.807, 2.05) is 0 Å². The molecule has 2 saturated heterocycles. The smallest absolute Gasteiger partial charge is 0.236 e. The molecule has 0 aromatic heterocycles. The van der Waals surface area contributed by atoms with E-state index in [1.54, 1.807) is 6.92 Å². The Labute approximate surface area is 114 Å². The summed E-state index contributed by atoms with van der Waals surface area (Å²) in [5.74, 6) is -2.24. The monoisotopic (exact) mass is 284 g/mol. The zero-order valence-electron chi connectivity index (χ0n) is 10.4. The molecule has 2 fully saturated rings. The molecule has 1 N–H and O–H groups in total. The Morgan fingerprint density at radius 3 is 2.89 bits per heavy atom. The van der Waals surface area contributed by atoms with Gasteiger partial charge in [-0.05, 0) is 19.8 Å². The number of ether oxygens (including phenoxy) is 1. The van der Waals surface area contributed by atoms with Crippen LogP contribution in [0.2, 0.25) is 0 Å². The molecule has 7 heteroatoms. The van der Waals surface area contributed by atoms with Gasteiger partial charge in [-0.15, -0.1) is 0 Å². The minimum absolute atomic E-state index is 0.0659. The third-order valence-electron chi connectivity index (χ3n) is 3.74. The summed E-state index contributed by atoms with van der Waals surface area (Å²) in [6.07, 6.45) is 0.597. The Morgan fingerprint density at radius 1 is 1.63 bits per heavy atom. The van der Waals surface area contributed by atoms with Crippen LogP contribution in [0.1, 0.15) is 19.8 Å². The van der Waals surface area contributed by atoms with Crippen LogP contribution in [0.25, 0.3) is 0 Å². The number of aliphatic hydroxyl groups is 1. The number of carbonyl (C=O) groups excluding carboxylic acids is 2. The van der Waals surface area contributed by atoms with Crippen molar-refractivity contribution in [2.75, 3.05) is 6.61 Å². The summed E-state index contributed by atoms with van der Waals surface area (Å²) in [6.45, 7) is 2.15. The van der Waals surface area contributed by atoms with Crippen molar-refractivity contribution in [1.29, 1.82) is 0 Å². The Kier molecular flexibility index (Phi) is 3.07. The topological polar surface area (TPSA) is 89.9 Å². The summed E-state index contributed by atoms with van der Waals surface area (Å²) < 4.78 is 5.50. The van der Waals surface area contributed by atoms with E-state index < -0.39 is 18.0 Å². The lowest BCUT2D eigenvalue weighted by atomic mass is 9.92. The fraction of sp³-hybridized carbons (Fsp3) is 0.667. The van der Waals surface area contributed by atoms with Gasteiger partial charge in [-0.1, -0.05) is 11.8 Å². The summed E-state index contributed by atoms with van der Waals surface area (Å²) in [6, 6.07) is 0. The van der Waals surface area contributed by atoms with E-state index in [-0.39, 0.29) is 23.1 Å². The molecule has 4 atom stereocenters. The van der Waals surface area contributed by atoms with Crippen LogP contribution >= 0.6 is 11.8 Å². The molecule has 0 aromatic carbocycles. The van der Waals surface area contributed by atoms with Gasteiger partial charge in [-0.2, -0.15) is 0 Å². The van der Waals surface area contributed by atoms with Crippen molar-refractivity contribution < 1.29 is 24.5 Å². The molecule has 0 saturated carbocycles. The summed E-state index contributed by atoms with van der Waals surface area (Å²) in [5, 5.41) is 20.5. The number of aliphatic carboxylic acids is 1. The van der Waals surface area contributed by atoms with Gasteiger partial charge in [0.1, 0.15) is 5.37 Å². The second-order valence-corrected chi connectivity index (χ2v) is 6.14. The number of fused-ring (bicyclic) bond motifs is 1. The van der Waals surface area contributed by atoms with E-state index in [0.717, 1.165) is 12.8 Å².